The number of rotatable bonds is 3. The summed E-state index contributed by atoms with van der Waals surface area (Å²) < 4.78 is 28.3. The zero-order valence-corrected chi connectivity index (χ0v) is 11.3. The second-order valence-electron chi connectivity index (χ2n) is 5.67. The van der Waals surface area contributed by atoms with Crippen LogP contribution in [0.15, 0.2) is 12.1 Å². The third-order valence-electron chi connectivity index (χ3n) is 4.34. The van der Waals surface area contributed by atoms with Crippen molar-refractivity contribution in [2.75, 3.05) is 7.05 Å². The third kappa shape index (κ3) is 2.16. The Bertz CT molecular complexity index is 436. The molecule has 0 heterocycles. The zero-order chi connectivity index (χ0) is 13.3. The Morgan fingerprint density at radius 3 is 2.39 bits per heavy atom. The van der Waals surface area contributed by atoms with Crippen molar-refractivity contribution < 1.29 is 8.78 Å². The molecule has 0 radical (unpaired) electrons. The van der Waals surface area contributed by atoms with Gasteiger partial charge < -0.3 is 5.32 Å². The second-order valence-corrected chi connectivity index (χ2v) is 5.67. The summed E-state index contributed by atoms with van der Waals surface area (Å²) in [6.07, 6.45) is 4.32. The maximum Gasteiger partial charge on any atom is 0.133 e. The van der Waals surface area contributed by atoms with Crippen molar-refractivity contribution in [3.05, 3.63) is 34.9 Å². The van der Waals surface area contributed by atoms with Crippen LogP contribution in [0.2, 0.25) is 0 Å². The quantitative estimate of drug-likeness (QED) is 0.854. The lowest BCUT2D eigenvalue weighted by Crippen LogP contribution is -2.34. The summed E-state index contributed by atoms with van der Waals surface area (Å²) in [4.78, 5) is 0. The molecule has 1 aliphatic carbocycles. The number of benzene rings is 1. The summed E-state index contributed by atoms with van der Waals surface area (Å²) in [5.41, 5.74) is 0.666. The zero-order valence-electron chi connectivity index (χ0n) is 11.3. The Balaban J connectivity index is 2.48. The molecule has 1 atom stereocenters. The SMILES string of the molecule is CNC(c1c(F)ccc(C)c1F)C1(C)CCCC1. The minimum atomic E-state index is -0.439. The molecular weight excluding hydrogens is 232 g/mol. The first kappa shape index (κ1) is 13.5. The van der Waals surface area contributed by atoms with Gasteiger partial charge in [0.2, 0.25) is 0 Å². The van der Waals surface area contributed by atoms with Crippen LogP contribution >= 0.6 is 0 Å². The lowest BCUT2D eigenvalue weighted by molar-refractivity contribution is 0.223. The van der Waals surface area contributed by atoms with Gasteiger partial charge in [0.15, 0.2) is 0 Å². The van der Waals surface area contributed by atoms with Crippen molar-refractivity contribution in [1.82, 2.24) is 5.32 Å². The van der Waals surface area contributed by atoms with E-state index in [-0.39, 0.29) is 17.0 Å². The maximum absolute atomic E-state index is 14.2. The largest absolute Gasteiger partial charge is 0.312 e. The standard InChI is InChI=1S/C15H21F2N/c1-10-6-7-11(16)12(13(10)17)14(18-3)15(2)8-4-5-9-15/h6-7,14,18H,4-5,8-9H2,1-3H3. The van der Waals surface area contributed by atoms with Gasteiger partial charge in [0.25, 0.3) is 0 Å². The van der Waals surface area contributed by atoms with E-state index in [1.54, 1.807) is 14.0 Å². The highest BCUT2D eigenvalue weighted by atomic mass is 19.1. The first-order chi connectivity index (χ1) is 8.49. The Morgan fingerprint density at radius 1 is 1.22 bits per heavy atom. The van der Waals surface area contributed by atoms with Crippen molar-refractivity contribution in [3.63, 3.8) is 0 Å². The van der Waals surface area contributed by atoms with E-state index in [0.29, 0.717) is 5.56 Å². The molecule has 1 nitrogen and oxygen atoms in total. The Morgan fingerprint density at radius 2 is 1.83 bits per heavy atom. The summed E-state index contributed by atoms with van der Waals surface area (Å²) in [5.74, 6) is -0.840. The van der Waals surface area contributed by atoms with E-state index in [1.807, 2.05) is 0 Å². The molecule has 1 N–H and O–H groups in total. The van der Waals surface area contributed by atoms with Crippen molar-refractivity contribution in [2.45, 2.75) is 45.6 Å². The van der Waals surface area contributed by atoms with Gasteiger partial charge in [-0.2, -0.15) is 0 Å². The molecule has 0 saturated heterocycles. The van der Waals surface area contributed by atoms with Crippen LogP contribution in [0.4, 0.5) is 8.78 Å². The van der Waals surface area contributed by atoms with Gasteiger partial charge in [0, 0.05) is 11.6 Å². The fraction of sp³-hybridized carbons (Fsp3) is 0.600. The molecule has 1 aromatic carbocycles. The van der Waals surface area contributed by atoms with E-state index in [9.17, 15) is 8.78 Å². The van der Waals surface area contributed by atoms with Crippen molar-refractivity contribution >= 4 is 0 Å². The molecule has 2 rings (SSSR count). The highest BCUT2D eigenvalue weighted by Crippen LogP contribution is 2.48. The van der Waals surface area contributed by atoms with Crippen LogP contribution in [0.25, 0.3) is 0 Å². The number of aryl methyl sites for hydroxylation is 1. The van der Waals surface area contributed by atoms with Gasteiger partial charge in [-0.05, 0) is 43.9 Å². The van der Waals surface area contributed by atoms with Crippen molar-refractivity contribution in [2.24, 2.45) is 5.41 Å². The number of halogens is 2. The topological polar surface area (TPSA) is 12.0 Å². The third-order valence-corrected chi connectivity index (χ3v) is 4.34. The highest BCUT2D eigenvalue weighted by molar-refractivity contribution is 5.30. The first-order valence-electron chi connectivity index (χ1n) is 6.61. The second kappa shape index (κ2) is 4.96. The summed E-state index contributed by atoms with van der Waals surface area (Å²) >= 11 is 0. The summed E-state index contributed by atoms with van der Waals surface area (Å²) in [7, 11) is 1.79. The lowest BCUT2D eigenvalue weighted by atomic mass is 9.76. The van der Waals surface area contributed by atoms with E-state index in [4.69, 9.17) is 0 Å². The summed E-state index contributed by atoms with van der Waals surface area (Å²) in [6, 6.07) is 2.62. The van der Waals surface area contributed by atoms with E-state index in [0.717, 1.165) is 25.7 Å². The van der Waals surface area contributed by atoms with Crippen molar-refractivity contribution in [1.29, 1.82) is 0 Å². The van der Waals surface area contributed by atoms with Gasteiger partial charge >= 0.3 is 0 Å². The molecule has 0 bridgehead atoms. The highest BCUT2D eigenvalue weighted by Gasteiger charge is 2.39. The van der Waals surface area contributed by atoms with Gasteiger partial charge in [-0.25, -0.2) is 8.78 Å². The van der Waals surface area contributed by atoms with Crippen LogP contribution in [0.5, 0.6) is 0 Å². The number of hydrogen-bond donors (Lipinski definition) is 1. The average molecular weight is 253 g/mol. The monoisotopic (exact) mass is 253 g/mol. The van der Waals surface area contributed by atoms with Crippen LogP contribution < -0.4 is 5.32 Å². The predicted molar refractivity (Wildman–Crippen MR) is 69.5 cm³/mol. The molecule has 0 aliphatic heterocycles. The molecule has 1 aliphatic rings. The summed E-state index contributed by atoms with van der Waals surface area (Å²) in [5, 5.41) is 3.13. The Labute approximate surface area is 108 Å². The van der Waals surface area contributed by atoms with Crippen LogP contribution in [0.3, 0.4) is 0 Å². The molecule has 100 valence electrons. The van der Waals surface area contributed by atoms with E-state index >= 15 is 0 Å². The lowest BCUT2D eigenvalue weighted by Gasteiger charge is -2.35. The van der Waals surface area contributed by atoms with Gasteiger partial charge in [0.1, 0.15) is 11.6 Å². The fourth-order valence-electron chi connectivity index (χ4n) is 3.26. The fourth-order valence-corrected chi connectivity index (χ4v) is 3.26. The van der Waals surface area contributed by atoms with Gasteiger partial charge in [-0.1, -0.05) is 25.8 Å². The van der Waals surface area contributed by atoms with E-state index in [2.05, 4.69) is 12.2 Å². The van der Waals surface area contributed by atoms with Gasteiger partial charge in [-0.3, -0.25) is 0 Å². The van der Waals surface area contributed by atoms with Crippen LogP contribution in [-0.4, -0.2) is 7.05 Å². The smallest absolute Gasteiger partial charge is 0.133 e. The van der Waals surface area contributed by atoms with Gasteiger partial charge in [0.05, 0.1) is 0 Å². The maximum atomic E-state index is 14.2. The van der Waals surface area contributed by atoms with Crippen LogP contribution in [0, 0.1) is 24.0 Å². The van der Waals surface area contributed by atoms with Crippen LogP contribution in [0.1, 0.15) is 49.8 Å². The molecular formula is C15H21F2N. The van der Waals surface area contributed by atoms with E-state index in [1.165, 1.54) is 12.1 Å². The minimum absolute atomic E-state index is 0.0514. The molecule has 18 heavy (non-hydrogen) atoms. The molecule has 3 heteroatoms. The normalized spacial score (nSPS) is 20.1. The molecule has 0 spiro atoms. The first-order valence-corrected chi connectivity index (χ1v) is 6.61. The minimum Gasteiger partial charge on any atom is -0.312 e. The van der Waals surface area contributed by atoms with Crippen LogP contribution in [-0.2, 0) is 0 Å². The average Bonchev–Trinajstić information content (AvgIpc) is 2.77. The molecule has 0 amide bonds. The molecule has 1 unspecified atom stereocenters. The molecule has 1 aromatic rings. The molecule has 1 fully saturated rings. The van der Waals surface area contributed by atoms with E-state index < -0.39 is 11.6 Å². The molecule has 0 aromatic heterocycles. The Kier molecular flexibility index (Phi) is 3.71. The number of hydrogen-bond acceptors (Lipinski definition) is 1. The number of nitrogens with one attached hydrogen (secondary N) is 1. The Hall–Kier alpha value is -0.960. The predicted octanol–water partition coefficient (Wildman–Crippen LogP) is 4.11. The molecule has 1 saturated carbocycles. The van der Waals surface area contributed by atoms with Gasteiger partial charge in [-0.15, -0.1) is 0 Å². The van der Waals surface area contributed by atoms with Crippen molar-refractivity contribution in [3.8, 4) is 0 Å². The summed E-state index contributed by atoms with van der Waals surface area (Å²) in [6.45, 7) is 3.81.